The summed E-state index contributed by atoms with van der Waals surface area (Å²) in [5.74, 6) is 0. The van der Waals surface area contributed by atoms with E-state index in [9.17, 15) is 0 Å². The molecule has 77 heavy (non-hydrogen) atoms. The van der Waals surface area contributed by atoms with E-state index in [1.54, 1.807) is 0 Å². The number of hydrogen-bond donors (Lipinski definition) is 1. The predicted octanol–water partition coefficient (Wildman–Crippen LogP) is 23.4. The van der Waals surface area contributed by atoms with Crippen molar-refractivity contribution in [2.75, 3.05) is 10.2 Å². The Morgan fingerprint density at radius 2 is 0.675 bits per heavy atom. The molecular formula is C68H41Br3N2O2S2. The number of thiophene rings is 2. The zero-order valence-electron chi connectivity index (χ0n) is 40.8. The lowest BCUT2D eigenvalue weighted by Crippen LogP contribution is -2.09. The highest BCUT2D eigenvalue weighted by atomic mass is 79.9. The summed E-state index contributed by atoms with van der Waals surface area (Å²) in [5.41, 5.74) is 9.13. The molecule has 0 bridgehead atoms. The fourth-order valence-corrected chi connectivity index (χ4v) is 13.7. The maximum atomic E-state index is 6.33. The Bertz CT molecular complexity index is 4880. The van der Waals surface area contributed by atoms with Gasteiger partial charge in [0.15, 0.2) is 0 Å². The van der Waals surface area contributed by atoms with Crippen molar-refractivity contribution in [3.05, 3.63) is 256 Å². The van der Waals surface area contributed by atoms with Gasteiger partial charge in [0.2, 0.25) is 0 Å². The molecule has 0 spiro atoms. The molecule has 0 amide bonds. The number of benzene rings is 12. The van der Waals surface area contributed by atoms with Gasteiger partial charge in [0.1, 0.15) is 22.3 Å². The molecule has 0 saturated carbocycles. The van der Waals surface area contributed by atoms with E-state index in [-0.39, 0.29) is 0 Å². The van der Waals surface area contributed by atoms with Crippen LogP contribution in [0.15, 0.2) is 265 Å². The van der Waals surface area contributed by atoms with Crippen molar-refractivity contribution < 1.29 is 8.83 Å². The summed E-state index contributed by atoms with van der Waals surface area (Å²) in [7, 11) is 0. The van der Waals surface area contributed by atoms with Gasteiger partial charge < -0.3 is 19.1 Å². The van der Waals surface area contributed by atoms with Crippen LogP contribution in [-0.4, -0.2) is 0 Å². The predicted molar refractivity (Wildman–Crippen MR) is 342 cm³/mol. The van der Waals surface area contributed by atoms with Crippen LogP contribution in [0.2, 0.25) is 0 Å². The zero-order valence-corrected chi connectivity index (χ0v) is 47.2. The minimum atomic E-state index is 0.878. The summed E-state index contributed by atoms with van der Waals surface area (Å²) in [5, 5.41) is 18.3. The number of nitrogens with one attached hydrogen (secondary N) is 1. The van der Waals surface area contributed by atoms with Crippen LogP contribution in [0, 0.1) is 0 Å². The molecule has 4 aromatic heterocycles. The van der Waals surface area contributed by atoms with E-state index in [0.717, 1.165) is 85.7 Å². The standard InChI is InChI=1S/C34H20BrNOS.C22H15NS.C12H6Br2O/c35-23-10-14-27-28-15-12-26(20-32(28)37-31(27)18-23)36(24-11-9-21-5-1-2-6-22(21)17-24)25-13-16-34-30(19-25)29-7-3-4-8-33(29)38-34;1-2-6-16-13-17(10-9-15(16)5-1)23-18-11-12-22-20(14-18)19-7-3-4-8-21(19)24-22;13-7-1-3-9-10-4-2-8(14)6-12(10)15-11(9)5-7/h1-20H;1-14,23H;1-6H. The first kappa shape index (κ1) is 47.7. The van der Waals surface area contributed by atoms with Gasteiger partial charge in [-0.05, 0) is 161 Å². The van der Waals surface area contributed by atoms with Crippen LogP contribution in [0.25, 0.3) is 106 Å². The average molecular weight is 1220 g/mol. The highest BCUT2D eigenvalue weighted by Crippen LogP contribution is 2.44. The molecule has 0 aliphatic heterocycles. The van der Waals surface area contributed by atoms with E-state index >= 15 is 0 Å². The van der Waals surface area contributed by atoms with Gasteiger partial charge in [-0.15, -0.1) is 22.7 Å². The minimum absolute atomic E-state index is 0.878. The first-order chi connectivity index (χ1) is 37.8. The van der Waals surface area contributed by atoms with E-state index in [2.05, 4.69) is 270 Å². The van der Waals surface area contributed by atoms with Gasteiger partial charge in [0, 0.05) is 110 Å². The second-order valence-corrected chi connectivity index (χ2v) is 23.9. The molecule has 0 saturated heterocycles. The summed E-state index contributed by atoms with van der Waals surface area (Å²) in [6, 6.07) is 85.7. The summed E-state index contributed by atoms with van der Waals surface area (Å²) in [6.07, 6.45) is 0. The van der Waals surface area contributed by atoms with Gasteiger partial charge in [-0.25, -0.2) is 0 Å². The van der Waals surface area contributed by atoms with E-state index in [0.29, 0.717) is 0 Å². The number of fused-ring (bicyclic) bond motifs is 14. The second-order valence-electron chi connectivity index (χ2n) is 18.9. The number of halogens is 3. The number of hydrogen-bond acceptors (Lipinski definition) is 6. The van der Waals surface area contributed by atoms with Crippen LogP contribution in [0.1, 0.15) is 0 Å². The normalized spacial score (nSPS) is 11.6. The van der Waals surface area contributed by atoms with Crippen molar-refractivity contribution in [3.8, 4) is 0 Å². The largest absolute Gasteiger partial charge is 0.456 e. The molecular weight excluding hydrogens is 1180 g/mol. The van der Waals surface area contributed by atoms with Crippen molar-refractivity contribution in [2.24, 2.45) is 0 Å². The fraction of sp³-hybridized carbons (Fsp3) is 0. The van der Waals surface area contributed by atoms with Gasteiger partial charge in [-0.2, -0.15) is 0 Å². The Morgan fingerprint density at radius 1 is 0.286 bits per heavy atom. The molecule has 0 aliphatic rings. The topological polar surface area (TPSA) is 41.6 Å². The maximum absolute atomic E-state index is 6.33. The first-order valence-corrected chi connectivity index (χ1v) is 29.1. The maximum Gasteiger partial charge on any atom is 0.137 e. The summed E-state index contributed by atoms with van der Waals surface area (Å²) in [4.78, 5) is 2.33. The number of nitrogens with zero attached hydrogens (tertiary/aromatic N) is 1. The van der Waals surface area contributed by atoms with Crippen molar-refractivity contribution in [2.45, 2.75) is 0 Å². The number of rotatable bonds is 5. The molecule has 9 heteroatoms. The first-order valence-electron chi connectivity index (χ1n) is 25.1. The third-order valence-corrected chi connectivity index (χ3v) is 17.9. The van der Waals surface area contributed by atoms with Crippen molar-refractivity contribution in [1.82, 2.24) is 0 Å². The summed E-state index contributed by atoms with van der Waals surface area (Å²) in [6.45, 7) is 0. The quantitative estimate of drug-likeness (QED) is 0.186. The Kier molecular flexibility index (Phi) is 12.4. The third-order valence-electron chi connectivity index (χ3n) is 14.1. The fourth-order valence-electron chi connectivity index (χ4n) is 10.5. The Hall–Kier alpha value is -7.76. The van der Waals surface area contributed by atoms with Gasteiger partial charge in [0.25, 0.3) is 0 Å². The molecule has 16 rings (SSSR count). The molecule has 0 aliphatic carbocycles. The van der Waals surface area contributed by atoms with Crippen LogP contribution in [0.3, 0.4) is 0 Å². The molecule has 0 unspecified atom stereocenters. The summed E-state index contributed by atoms with van der Waals surface area (Å²) >= 11 is 14.1. The smallest absolute Gasteiger partial charge is 0.137 e. The molecule has 4 heterocycles. The van der Waals surface area contributed by atoms with Crippen LogP contribution in [0.4, 0.5) is 28.4 Å². The zero-order chi connectivity index (χ0) is 51.6. The molecule has 12 aromatic carbocycles. The van der Waals surface area contributed by atoms with Crippen LogP contribution >= 0.6 is 70.5 Å². The Labute approximate surface area is 475 Å². The number of furan rings is 2. The molecule has 16 aromatic rings. The summed E-state index contributed by atoms with van der Waals surface area (Å²) < 4.78 is 20.4. The highest BCUT2D eigenvalue weighted by Gasteiger charge is 2.18. The van der Waals surface area contributed by atoms with E-state index < -0.39 is 0 Å². The van der Waals surface area contributed by atoms with Gasteiger partial charge in [0.05, 0.1) is 0 Å². The average Bonchev–Trinajstić information content (AvgIpc) is 4.24. The van der Waals surface area contributed by atoms with E-state index in [1.165, 1.54) is 61.9 Å². The second kappa shape index (κ2) is 20.0. The van der Waals surface area contributed by atoms with Crippen molar-refractivity contribution in [3.63, 3.8) is 0 Å². The Morgan fingerprint density at radius 3 is 1.27 bits per heavy atom. The lowest BCUT2D eigenvalue weighted by Gasteiger charge is -2.26. The van der Waals surface area contributed by atoms with Gasteiger partial charge in [-0.1, -0.05) is 145 Å². The van der Waals surface area contributed by atoms with Gasteiger partial charge in [-0.3, -0.25) is 0 Å². The Balaban J connectivity index is 0.000000117. The molecule has 368 valence electrons. The SMILES string of the molecule is Brc1ccc2c(c1)oc1cc(Br)ccc12.Brc1ccc2c(c1)oc1cc(N(c3ccc4ccccc4c3)c3ccc4sc5ccccc5c4c3)ccc12.c1ccc2cc(Nc3ccc4sc5ccccc5c4c3)ccc2c1. The molecule has 0 atom stereocenters. The molecule has 1 N–H and O–H groups in total. The lowest BCUT2D eigenvalue weighted by atomic mass is 10.1. The van der Waals surface area contributed by atoms with Crippen LogP contribution < -0.4 is 10.2 Å². The molecule has 0 fully saturated rings. The van der Waals surface area contributed by atoms with Gasteiger partial charge >= 0.3 is 0 Å². The highest BCUT2D eigenvalue weighted by molar-refractivity contribution is 9.11. The molecule has 0 radical (unpaired) electrons. The van der Waals surface area contributed by atoms with Crippen LogP contribution in [0.5, 0.6) is 0 Å². The van der Waals surface area contributed by atoms with Crippen molar-refractivity contribution >= 4 is 205 Å². The van der Waals surface area contributed by atoms with Crippen molar-refractivity contribution in [1.29, 1.82) is 0 Å². The minimum Gasteiger partial charge on any atom is -0.456 e. The number of anilines is 5. The van der Waals surface area contributed by atoms with E-state index in [1.807, 2.05) is 53.0 Å². The van der Waals surface area contributed by atoms with E-state index in [4.69, 9.17) is 8.83 Å². The van der Waals surface area contributed by atoms with Crippen LogP contribution in [-0.2, 0) is 0 Å². The third kappa shape index (κ3) is 9.22. The molecule has 4 nitrogen and oxygen atoms in total. The monoisotopic (exact) mass is 1220 g/mol. The lowest BCUT2D eigenvalue weighted by molar-refractivity contribution is 0.668.